The molecule has 12 heavy (non-hydrogen) atoms. The third-order valence-electron chi connectivity index (χ3n) is 1.48. The first-order valence-electron chi connectivity index (χ1n) is 3.60. The van der Waals surface area contributed by atoms with Crippen LogP contribution in [-0.4, -0.2) is 6.00 Å². The second-order valence-corrected chi connectivity index (χ2v) is 11.8. The van der Waals surface area contributed by atoms with Gasteiger partial charge in [0, 0.05) is 0 Å². The quantitative estimate of drug-likeness (QED) is 0.557. The number of benzene rings is 1. The zero-order valence-corrected chi connectivity index (χ0v) is 9.63. The Morgan fingerprint density at radius 1 is 1.17 bits per heavy atom. The van der Waals surface area contributed by atoms with E-state index >= 15 is 0 Å². The van der Waals surface area contributed by atoms with Gasteiger partial charge < -0.3 is 0 Å². The minimum Gasteiger partial charge on any atom is -0.126 e. The van der Waals surface area contributed by atoms with Gasteiger partial charge in [0.15, 0.2) is 0 Å². The summed E-state index contributed by atoms with van der Waals surface area (Å²) in [6.07, 6.45) is 0.845. The lowest BCUT2D eigenvalue weighted by atomic mass is 10.2. The molecule has 1 aromatic carbocycles. The monoisotopic (exact) mass is 237 g/mol. The molecular weight excluding hydrogens is 231 g/mol. The van der Waals surface area contributed by atoms with Crippen molar-refractivity contribution in [3.63, 3.8) is 0 Å². The van der Waals surface area contributed by atoms with E-state index < -0.39 is 6.00 Å². The molecule has 0 aliphatic carbocycles. The van der Waals surface area contributed by atoms with Crippen LogP contribution in [0.25, 0.3) is 0 Å². The van der Waals surface area contributed by atoms with E-state index in [1.54, 1.807) is 0 Å². The molecule has 1 aromatic rings. The topological polar surface area (TPSA) is 0 Å². The Labute approximate surface area is 87.6 Å². The maximum absolute atomic E-state index is 5.74. The minimum atomic E-state index is -2.43. The Morgan fingerprint density at radius 2 is 1.75 bits per heavy atom. The van der Waals surface area contributed by atoms with Crippen molar-refractivity contribution >= 4 is 39.2 Å². The highest BCUT2D eigenvalue weighted by Gasteiger charge is 2.23. The normalized spacial score (nSPS) is 11.6. The lowest BCUT2D eigenvalue weighted by molar-refractivity contribution is 1.12. The molecule has 0 saturated carbocycles. The van der Waals surface area contributed by atoms with Gasteiger partial charge in [-0.05, 0) is 24.1 Å². The highest BCUT2D eigenvalue weighted by atomic mass is 35.8. The minimum absolute atomic E-state index is 0.682. The van der Waals surface area contributed by atoms with Crippen LogP contribution in [0.5, 0.6) is 0 Å². The van der Waals surface area contributed by atoms with Crippen molar-refractivity contribution in [2.24, 2.45) is 0 Å². The lowest BCUT2D eigenvalue weighted by Gasteiger charge is -2.06. The number of hydrogen-bond donors (Lipinski definition) is 0. The summed E-state index contributed by atoms with van der Waals surface area (Å²) in [7, 11) is 0. The molecule has 0 atom stereocenters. The number of rotatable bonds is 3. The van der Waals surface area contributed by atoms with E-state index in [0.717, 1.165) is 6.42 Å². The second-order valence-electron chi connectivity index (χ2n) is 2.52. The van der Waals surface area contributed by atoms with Crippen molar-refractivity contribution in [1.82, 2.24) is 0 Å². The Kier molecular flexibility index (Phi) is 3.91. The van der Waals surface area contributed by atoms with Gasteiger partial charge in [0.2, 0.25) is 0 Å². The van der Waals surface area contributed by atoms with Crippen LogP contribution in [0.1, 0.15) is 5.56 Å². The molecule has 0 saturated heterocycles. The average molecular weight is 239 g/mol. The molecule has 0 fully saturated rings. The summed E-state index contributed by atoms with van der Waals surface area (Å²) in [6.45, 7) is 0. The van der Waals surface area contributed by atoms with E-state index in [2.05, 4.69) is 6.07 Å². The van der Waals surface area contributed by atoms with Gasteiger partial charge in [0.05, 0.1) is 0 Å². The summed E-state index contributed by atoms with van der Waals surface area (Å²) >= 11 is 17.2. The van der Waals surface area contributed by atoms with Gasteiger partial charge in [-0.2, -0.15) is 0 Å². The van der Waals surface area contributed by atoms with Gasteiger partial charge in [-0.25, -0.2) is 0 Å². The largest absolute Gasteiger partial charge is 0.341 e. The fourth-order valence-corrected chi connectivity index (χ4v) is 2.30. The van der Waals surface area contributed by atoms with E-state index in [1.807, 2.05) is 24.3 Å². The van der Waals surface area contributed by atoms with Crippen LogP contribution in [-0.2, 0) is 6.42 Å². The summed E-state index contributed by atoms with van der Waals surface area (Å²) in [5, 5.41) is 0. The van der Waals surface area contributed by atoms with E-state index in [4.69, 9.17) is 33.2 Å². The molecule has 0 unspecified atom stereocenters. The summed E-state index contributed by atoms with van der Waals surface area (Å²) in [4.78, 5) is 0. The van der Waals surface area contributed by atoms with Gasteiger partial charge in [-0.1, -0.05) is 24.3 Å². The average Bonchev–Trinajstić information content (AvgIpc) is 2.02. The number of hydrogen-bond acceptors (Lipinski definition) is 0. The predicted octanol–water partition coefficient (Wildman–Crippen LogP) is 3.68. The van der Waals surface area contributed by atoms with Crippen LogP contribution in [0.15, 0.2) is 24.3 Å². The van der Waals surface area contributed by atoms with Crippen molar-refractivity contribution in [3.05, 3.63) is 35.9 Å². The molecule has 4 heteroatoms. The second kappa shape index (κ2) is 4.52. The third-order valence-corrected chi connectivity index (χ3v) is 4.00. The Morgan fingerprint density at radius 3 is 2.25 bits per heavy atom. The molecule has 0 heterocycles. The number of aryl methyl sites for hydroxylation is 1. The SMILES string of the molecule is Cl[Si](Cl)(Cl)CCc1cc[c]cc1. The summed E-state index contributed by atoms with van der Waals surface area (Å²) in [5.41, 5.74) is 1.20. The van der Waals surface area contributed by atoms with E-state index in [-0.39, 0.29) is 0 Å². The van der Waals surface area contributed by atoms with Gasteiger partial charge in [0.1, 0.15) is 0 Å². The van der Waals surface area contributed by atoms with Crippen LogP contribution in [0.4, 0.5) is 0 Å². The van der Waals surface area contributed by atoms with Crippen LogP contribution in [0.3, 0.4) is 0 Å². The Balaban J connectivity index is 2.44. The maximum atomic E-state index is 5.74. The molecule has 1 radical (unpaired) electrons. The van der Waals surface area contributed by atoms with Crippen LogP contribution in [0, 0.1) is 6.07 Å². The molecule has 0 amide bonds. The Bertz CT molecular complexity index is 230. The molecule has 0 nitrogen and oxygen atoms in total. The van der Waals surface area contributed by atoms with Crippen molar-refractivity contribution in [2.75, 3.05) is 0 Å². The third kappa shape index (κ3) is 4.36. The molecule has 0 bridgehead atoms. The van der Waals surface area contributed by atoms with E-state index in [0.29, 0.717) is 6.04 Å². The molecular formula is C8H8Cl3Si. The van der Waals surface area contributed by atoms with E-state index in [9.17, 15) is 0 Å². The first-order chi connectivity index (χ1) is 5.58. The van der Waals surface area contributed by atoms with Gasteiger partial charge >= 0.3 is 6.00 Å². The summed E-state index contributed by atoms with van der Waals surface area (Å²) in [6, 6.07) is 8.91. The maximum Gasteiger partial charge on any atom is 0.341 e. The zero-order chi connectivity index (χ0) is 9.03. The van der Waals surface area contributed by atoms with Gasteiger partial charge in [-0.3, -0.25) is 0 Å². The lowest BCUT2D eigenvalue weighted by Crippen LogP contribution is -2.09. The van der Waals surface area contributed by atoms with Crippen molar-refractivity contribution in [2.45, 2.75) is 12.5 Å². The van der Waals surface area contributed by atoms with Crippen LogP contribution >= 0.6 is 33.2 Å². The summed E-state index contributed by atoms with van der Waals surface area (Å²) < 4.78 is 0. The molecule has 0 aliphatic rings. The first-order valence-corrected chi connectivity index (χ1v) is 8.84. The highest BCUT2D eigenvalue weighted by Crippen LogP contribution is 2.26. The smallest absolute Gasteiger partial charge is 0.126 e. The summed E-state index contributed by atoms with van der Waals surface area (Å²) in [5.74, 6) is 0. The molecule has 0 spiro atoms. The first kappa shape index (κ1) is 10.4. The predicted molar refractivity (Wildman–Crippen MR) is 57.1 cm³/mol. The van der Waals surface area contributed by atoms with Crippen LogP contribution in [0.2, 0.25) is 6.04 Å². The van der Waals surface area contributed by atoms with Crippen molar-refractivity contribution in [3.8, 4) is 0 Å². The molecule has 65 valence electrons. The molecule has 1 rings (SSSR count). The van der Waals surface area contributed by atoms with E-state index in [1.165, 1.54) is 5.56 Å². The molecule has 0 N–H and O–H groups in total. The highest BCUT2D eigenvalue weighted by molar-refractivity contribution is 7.64. The van der Waals surface area contributed by atoms with Crippen LogP contribution < -0.4 is 0 Å². The van der Waals surface area contributed by atoms with Gasteiger partial charge in [0.25, 0.3) is 0 Å². The standard InChI is InChI=1S/C8H8Cl3Si/c9-12(10,11)7-6-8-4-2-1-3-5-8/h2-5H,6-7H2. The van der Waals surface area contributed by atoms with Gasteiger partial charge in [-0.15, -0.1) is 33.2 Å². The molecule has 0 aliphatic heterocycles. The molecule has 0 aromatic heterocycles. The van der Waals surface area contributed by atoms with Crippen molar-refractivity contribution < 1.29 is 0 Å². The number of halogens is 3. The zero-order valence-electron chi connectivity index (χ0n) is 6.36. The van der Waals surface area contributed by atoms with Crippen molar-refractivity contribution in [1.29, 1.82) is 0 Å². The fourth-order valence-electron chi connectivity index (χ4n) is 0.874. The Hall–Kier alpha value is 0.307. The fraction of sp³-hybridized carbons (Fsp3) is 0.250.